The van der Waals surface area contributed by atoms with Crippen molar-refractivity contribution in [2.24, 2.45) is 5.92 Å². The molecule has 0 amide bonds. The lowest BCUT2D eigenvalue weighted by atomic mass is 9.77. The topological polar surface area (TPSA) is 153 Å². The molecule has 0 radical (unpaired) electrons. The molecule has 2 aliphatic rings. The summed E-state index contributed by atoms with van der Waals surface area (Å²) in [5.41, 5.74) is 1.18. The van der Waals surface area contributed by atoms with E-state index in [1.807, 2.05) is 13.8 Å². The average Bonchev–Trinajstić information content (AvgIpc) is 3.55. The molecule has 0 spiro atoms. The minimum absolute atomic E-state index is 0.0731. The van der Waals surface area contributed by atoms with Gasteiger partial charge < -0.3 is 15.7 Å². The van der Waals surface area contributed by atoms with E-state index < -0.39 is 33.6 Å². The molecule has 45 heavy (non-hydrogen) atoms. The lowest BCUT2D eigenvalue weighted by molar-refractivity contribution is -0.142. The first-order chi connectivity index (χ1) is 21.2. The zero-order valence-corrected chi connectivity index (χ0v) is 25.6. The first-order valence-corrected chi connectivity index (χ1v) is 16.2. The summed E-state index contributed by atoms with van der Waals surface area (Å²) in [6.07, 6.45) is 7.25. The minimum Gasteiger partial charge on any atom is -0.390 e. The van der Waals surface area contributed by atoms with Gasteiger partial charge in [-0.2, -0.15) is 27.5 Å². The van der Waals surface area contributed by atoms with Gasteiger partial charge in [-0.3, -0.25) is 4.68 Å². The zero-order chi connectivity index (χ0) is 32.0. The van der Waals surface area contributed by atoms with E-state index in [-0.39, 0.29) is 17.8 Å². The van der Waals surface area contributed by atoms with Gasteiger partial charge in [0.05, 0.1) is 34.5 Å². The molecule has 4 aromatic heterocycles. The van der Waals surface area contributed by atoms with Crippen LogP contribution in [0.25, 0.3) is 22.6 Å². The van der Waals surface area contributed by atoms with Crippen molar-refractivity contribution in [2.75, 3.05) is 10.6 Å². The van der Waals surface area contributed by atoms with E-state index >= 15 is 0 Å². The maximum atomic E-state index is 13.0. The van der Waals surface area contributed by atoms with Gasteiger partial charge in [0.2, 0.25) is 0 Å². The molecule has 4 aromatic rings. The standard InChI is InChI=1S/C29H34F3N9O3S/c1-28(2,42)19-3-5-20(6-4-19)36-24-13-26(34-15-22(24)23-10-12-40(39-23)17-29(30,31)32)37-25-9-11-33-27(38-25)18-14-35-41(16-18)45(43,44)21-7-8-21/h9-16,19-21,42H,3-8,17H2,1-2H3,(H2,33,34,36,37,38). The molecule has 0 bridgehead atoms. The monoisotopic (exact) mass is 645 g/mol. The van der Waals surface area contributed by atoms with E-state index in [0.717, 1.165) is 34.5 Å². The van der Waals surface area contributed by atoms with Crippen LogP contribution in [0.2, 0.25) is 0 Å². The molecule has 240 valence electrons. The molecule has 2 aliphatic carbocycles. The van der Waals surface area contributed by atoms with Gasteiger partial charge in [-0.05, 0) is 70.4 Å². The second-order valence-corrected chi connectivity index (χ2v) is 14.3. The summed E-state index contributed by atoms with van der Waals surface area (Å²) < 4.78 is 65.9. The molecule has 0 unspecified atom stereocenters. The van der Waals surface area contributed by atoms with E-state index in [0.29, 0.717) is 47.0 Å². The van der Waals surface area contributed by atoms with Crippen molar-refractivity contribution in [3.63, 3.8) is 0 Å². The van der Waals surface area contributed by atoms with Gasteiger partial charge in [0.1, 0.15) is 18.2 Å². The number of aliphatic hydroxyl groups is 1. The van der Waals surface area contributed by atoms with Crippen molar-refractivity contribution in [1.29, 1.82) is 0 Å². The molecule has 0 saturated heterocycles. The molecule has 0 aliphatic heterocycles. The summed E-state index contributed by atoms with van der Waals surface area (Å²) >= 11 is 0. The maximum Gasteiger partial charge on any atom is 0.408 e. The van der Waals surface area contributed by atoms with Gasteiger partial charge in [-0.1, -0.05) is 0 Å². The summed E-state index contributed by atoms with van der Waals surface area (Å²) in [6, 6.07) is 4.98. The van der Waals surface area contributed by atoms with Gasteiger partial charge >= 0.3 is 6.18 Å². The molecular formula is C29H34F3N9O3S. The number of nitrogens with one attached hydrogen (secondary N) is 2. The number of aromatic nitrogens is 7. The summed E-state index contributed by atoms with van der Waals surface area (Å²) in [5, 5.41) is 24.9. The van der Waals surface area contributed by atoms with Gasteiger partial charge in [-0.25, -0.2) is 23.4 Å². The Labute approximate surface area is 258 Å². The van der Waals surface area contributed by atoms with Gasteiger partial charge in [0.25, 0.3) is 10.0 Å². The van der Waals surface area contributed by atoms with Crippen LogP contribution < -0.4 is 10.6 Å². The Morgan fingerprint density at radius 1 is 1.02 bits per heavy atom. The number of rotatable bonds is 10. The van der Waals surface area contributed by atoms with Crippen molar-refractivity contribution >= 4 is 27.3 Å². The first-order valence-electron chi connectivity index (χ1n) is 14.7. The molecule has 2 fully saturated rings. The Morgan fingerprint density at radius 2 is 1.78 bits per heavy atom. The van der Waals surface area contributed by atoms with Gasteiger partial charge in [0, 0.05) is 41.9 Å². The minimum atomic E-state index is -4.41. The maximum absolute atomic E-state index is 13.0. The number of pyridine rings is 1. The van der Waals surface area contributed by atoms with Crippen molar-refractivity contribution in [1.82, 2.24) is 33.9 Å². The quantitative estimate of drug-likeness (QED) is 0.215. The molecule has 2 saturated carbocycles. The second kappa shape index (κ2) is 11.7. The predicted octanol–water partition coefficient (Wildman–Crippen LogP) is 4.99. The summed E-state index contributed by atoms with van der Waals surface area (Å²) in [5.74, 6) is 1.25. The van der Waals surface area contributed by atoms with E-state index in [9.17, 15) is 26.7 Å². The molecule has 0 atom stereocenters. The van der Waals surface area contributed by atoms with E-state index in [1.54, 1.807) is 18.3 Å². The van der Waals surface area contributed by atoms with Crippen molar-refractivity contribution in [3.05, 3.63) is 49.2 Å². The van der Waals surface area contributed by atoms with Crippen LogP contribution in [0, 0.1) is 5.92 Å². The van der Waals surface area contributed by atoms with Crippen LogP contribution in [-0.4, -0.2) is 70.5 Å². The van der Waals surface area contributed by atoms with Crippen LogP contribution in [0.5, 0.6) is 0 Å². The highest BCUT2D eigenvalue weighted by Gasteiger charge is 2.38. The first kappa shape index (κ1) is 31.0. The highest BCUT2D eigenvalue weighted by molar-refractivity contribution is 7.90. The smallest absolute Gasteiger partial charge is 0.390 e. The zero-order valence-electron chi connectivity index (χ0n) is 24.7. The Kier molecular flexibility index (Phi) is 8.05. The molecular weight excluding hydrogens is 611 g/mol. The van der Waals surface area contributed by atoms with Crippen LogP contribution in [0.4, 0.5) is 30.5 Å². The van der Waals surface area contributed by atoms with Gasteiger partial charge in [0.15, 0.2) is 5.82 Å². The number of hydrogen-bond donors (Lipinski definition) is 3. The van der Waals surface area contributed by atoms with E-state index in [4.69, 9.17) is 0 Å². The molecule has 3 N–H and O–H groups in total. The number of alkyl halides is 3. The fourth-order valence-electron chi connectivity index (χ4n) is 5.57. The molecule has 12 nitrogen and oxygen atoms in total. The number of halogens is 3. The Morgan fingerprint density at radius 3 is 2.47 bits per heavy atom. The predicted molar refractivity (Wildman–Crippen MR) is 161 cm³/mol. The average molecular weight is 646 g/mol. The van der Waals surface area contributed by atoms with Gasteiger partial charge in [-0.15, -0.1) is 0 Å². The van der Waals surface area contributed by atoms with Crippen molar-refractivity contribution in [3.8, 4) is 22.6 Å². The molecule has 6 rings (SSSR count). The van der Waals surface area contributed by atoms with Crippen LogP contribution in [0.1, 0.15) is 52.4 Å². The van der Waals surface area contributed by atoms with Crippen LogP contribution >= 0.6 is 0 Å². The summed E-state index contributed by atoms with van der Waals surface area (Å²) in [7, 11) is -3.53. The summed E-state index contributed by atoms with van der Waals surface area (Å²) in [6.45, 7) is 2.44. The molecule has 4 heterocycles. The molecule has 0 aromatic carbocycles. The normalized spacial score (nSPS) is 19.4. The lowest BCUT2D eigenvalue weighted by Crippen LogP contribution is -2.37. The third kappa shape index (κ3) is 7.27. The number of nitrogens with zero attached hydrogens (tertiary/aromatic N) is 7. The fourth-order valence-corrected chi connectivity index (χ4v) is 7.04. The number of anilines is 3. The third-order valence-electron chi connectivity index (χ3n) is 8.18. The van der Waals surface area contributed by atoms with Crippen molar-refractivity contribution in [2.45, 2.75) is 82.0 Å². The lowest BCUT2D eigenvalue weighted by Gasteiger charge is -2.36. The fraction of sp³-hybridized carbons (Fsp3) is 0.483. The van der Waals surface area contributed by atoms with Crippen molar-refractivity contribution < 1.29 is 26.7 Å². The summed E-state index contributed by atoms with van der Waals surface area (Å²) in [4.78, 5) is 13.3. The Hall–Kier alpha value is -4.05. The Balaban J connectivity index is 1.25. The van der Waals surface area contributed by atoms with E-state index in [1.165, 1.54) is 30.9 Å². The highest BCUT2D eigenvalue weighted by Crippen LogP contribution is 2.36. The largest absolute Gasteiger partial charge is 0.408 e. The van der Waals surface area contributed by atoms with Crippen LogP contribution in [0.15, 0.2) is 49.2 Å². The number of hydrogen-bond acceptors (Lipinski definition) is 10. The Bertz CT molecular complexity index is 1770. The second-order valence-electron chi connectivity index (χ2n) is 12.2. The molecule has 16 heteroatoms. The third-order valence-corrected chi connectivity index (χ3v) is 10.2. The van der Waals surface area contributed by atoms with Crippen LogP contribution in [-0.2, 0) is 16.6 Å². The SMILES string of the molecule is CC(C)(O)C1CCC(Nc2cc(Nc3ccnc(-c4cnn(S(=O)(=O)C5CC5)c4)n3)ncc2-c2ccn(CC(F)(F)F)n2)CC1. The van der Waals surface area contributed by atoms with Crippen LogP contribution in [0.3, 0.4) is 0 Å². The van der Waals surface area contributed by atoms with E-state index in [2.05, 4.69) is 35.8 Å². The highest BCUT2D eigenvalue weighted by atomic mass is 32.2.